The van der Waals surface area contributed by atoms with E-state index in [9.17, 15) is 5.26 Å². The second-order valence-electron chi connectivity index (χ2n) is 7.41. The third kappa shape index (κ3) is 4.71. The predicted molar refractivity (Wildman–Crippen MR) is 86.9 cm³/mol. The largest absolute Gasteiger partial charge is 0.357 e. The van der Waals surface area contributed by atoms with Gasteiger partial charge in [-0.25, -0.2) is 0 Å². The van der Waals surface area contributed by atoms with Gasteiger partial charge in [-0.05, 0) is 50.9 Å². The highest BCUT2D eigenvalue weighted by molar-refractivity contribution is 5.05. The molecule has 2 rings (SSSR count). The maximum atomic E-state index is 9.64. The molecule has 120 valence electrons. The van der Waals surface area contributed by atoms with Gasteiger partial charge >= 0.3 is 0 Å². The molecule has 2 saturated carbocycles. The van der Waals surface area contributed by atoms with Gasteiger partial charge in [-0.1, -0.05) is 51.9 Å². The van der Waals surface area contributed by atoms with Gasteiger partial charge in [-0.3, -0.25) is 0 Å². The molecule has 21 heavy (non-hydrogen) atoms. The highest BCUT2D eigenvalue weighted by atomic mass is 16.5. The van der Waals surface area contributed by atoms with Gasteiger partial charge in [0.15, 0.2) is 5.60 Å². The molecule has 0 spiro atoms. The minimum atomic E-state index is -0.474. The van der Waals surface area contributed by atoms with Crippen LogP contribution in [0, 0.1) is 23.2 Å². The number of hydrogen-bond donors (Lipinski definition) is 0. The van der Waals surface area contributed by atoms with Crippen LogP contribution in [0.25, 0.3) is 0 Å². The van der Waals surface area contributed by atoms with E-state index in [0.717, 1.165) is 31.1 Å². The van der Waals surface area contributed by atoms with Crippen molar-refractivity contribution in [2.24, 2.45) is 11.8 Å². The molecule has 2 aliphatic carbocycles. The summed E-state index contributed by atoms with van der Waals surface area (Å²) < 4.78 is 6.20. The normalized spacial score (nSPS) is 32.5. The van der Waals surface area contributed by atoms with Crippen molar-refractivity contribution in [2.45, 2.75) is 103 Å². The lowest BCUT2D eigenvalue weighted by Gasteiger charge is -2.40. The lowest BCUT2D eigenvalue weighted by atomic mass is 9.70. The maximum Gasteiger partial charge on any atom is 0.154 e. The minimum absolute atomic E-state index is 0.232. The fraction of sp³-hybridized carbons (Fsp3) is 0.947. The molecule has 0 aliphatic heterocycles. The Morgan fingerprint density at radius 3 is 2.29 bits per heavy atom. The highest BCUT2D eigenvalue weighted by Crippen LogP contribution is 2.42. The summed E-state index contributed by atoms with van der Waals surface area (Å²) in [6, 6.07) is 2.53. The third-order valence-corrected chi connectivity index (χ3v) is 5.75. The Morgan fingerprint density at radius 1 is 1.10 bits per heavy atom. The number of unbranched alkanes of at least 4 members (excludes halogenated alkanes) is 1. The molecule has 0 aromatic heterocycles. The Morgan fingerprint density at radius 2 is 1.71 bits per heavy atom. The summed E-state index contributed by atoms with van der Waals surface area (Å²) in [5, 5.41) is 9.64. The first-order valence-corrected chi connectivity index (χ1v) is 9.28. The molecule has 1 unspecified atom stereocenters. The molecule has 0 aromatic rings. The summed E-state index contributed by atoms with van der Waals surface area (Å²) in [6.45, 7) is 4.35. The van der Waals surface area contributed by atoms with Crippen LogP contribution in [0.4, 0.5) is 0 Å². The van der Waals surface area contributed by atoms with E-state index >= 15 is 0 Å². The van der Waals surface area contributed by atoms with Gasteiger partial charge in [-0.15, -0.1) is 0 Å². The van der Waals surface area contributed by atoms with Crippen molar-refractivity contribution < 1.29 is 4.74 Å². The van der Waals surface area contributed by atoms with Crippen molar-refractivity contribution in [3.63, 3.8) is 0 Å². The zero-order valence-corrected chi connectivity index (χ0v) is 14.1. The number of nitriles is 1. The fourth-order valence-electron chi connectivity index (χ4n) is 4.38. The zero-order chi connectivity index (χ0) is 15.1. The topological polar surface area (TPSA) is 33.0 Å². The van der Waals surface area contributed by atoms with Crippen LogP contribution in [0.2, 0.25) is 0 Å². The molecule has 1 atom stereocenters. The fourth-order valence-corrected chi connectivity index (χ4v) is 4.38. The van der Waals surface area contributed by atoms with Gasteiger partial charge in [0.25, 0.3) is 0 Å². The quantitative estimate of drug-likeness (QED) is 0.636. The van der Waals surface area contributed by atoms with E-state index in [1.54, 1.807) is 0 Å². The van der Waals surface area contributed by atoms with Crippen LogP contribution in [0.5, 0.6) is 0 Å². The first-order chi connectivity index (χ1) is 10.2. The summed E-state index contributed by atoms with van der Waals surface area (Å²) in [5.41, 5.74) is -0.474. The second kappa shape index (κ2) is 8.18. The van der Waals surface area contributed by atoms with Crippen LogP contribution < -0.4 is 0 Å². The molecule has 2 heteroatoms. The van der Waals surface area contributed by atoms with Gasteiger partial charge < -0.3 is 4.74 Å². The Bertz CT molecular complexity index is 332. The second-order valence-corrected chi connectivity index (χ2v) is 7.41. The zero-order valence-electron chi connectivity index (χ0n) is 14.1. The number of nitrogens with zero attached hydrogens (tertiary/aromatic N) is 1. The molecular formula is C19H33NO. The number of hydrogen-bond acceptors (Lipinski definition) is 2. The third-order valence-electron chi connectivity index (χ3n) is 5.75. The molecule has 0 N–H and O–H groups in total. The van der Waals surface area contributed by atoms with Gasteiger partial charge in [0.2, 0.25) is 0 Å². The first kappa shape index (κ1) is 16.8. The van der Waals surface area contributed by atoms with Crippen molar-refractivity contribution >= 4 is 0 Å². The predicted octanol–water partition coefficient (Wildman–Crippen LogP) is 5.61. The van der Waals surface area contributed by atoms with Gasteiger partial charge in [-0.2, -0.15) is 5.26 Å². The summed E-state index contributed by atoms with van der Waals surface area (Å²) in [4.78, 5) is 0. The molecular weight excluding hydrogens is 258 g/mol. The molecule has 0 heterocycles. The van der Waals surface area contributed by atoms with Crippen LogP contribution in [0.15, 0.2) is 0 Å². The van der Waals surface area contributed by atoms with Gasteiger partial charge in [0.05, 0.1) is 12.2 Å². The summed E-state index contributed by atoms with van der Waals surface area (Å²) in [5.74, 6) is 1.80. The molecule has 0 aromatic carbocycles. The van der Waals surface area contributed by atoms with Gasteiger partial charge in [0.1, 0.15) is 0 Å². The number of ether oxygens (including phenoxy) is 1. The van der Waals surface area contributed by atoms with Crippen LogP contribution >= 0.6 is 0 Å². The van der Waals surface area contributed by atoms with Crippen molar-refractivity contribution in [3.8, 4) is 6.07 Å². The molecule has 0 amide bonds. The van der Waals surface area contributed by atoms with Crippen molar-refractivity contribution in [2.75, 3.05) is 0 Å². The van der Waals surface area contributed by atoms with E-state index in [1.165, 1.54) is 57.8 Å². The summed E-state index contributed by atoms with van der Waals surface area (Å²) in [6.07, 6.45) is 15.2. The minimum Gasteiger partial charge on any atom is -0.357 e. The van der Waals surface area contributed by atoms with Gasteiger partial charge in [0, 0.05) is 0 Å². The SMILES string of the molecule is CCCCC(C)O[C@]1(C#N)CC[C@@H](C2CCCCC2)CC1. The Hall–Kier alpha value is -0.550. The van der Waals surface area contributed by atoms with E-state index < -0.39 is 5.60 Å². The lowest BCUT2D eigenvalue weighted by Crippen LogP contribution is -2.40. The van der Waals surface area contributed by atoms with E-state index in [0.29, 0.717) is 0 Å². The van der Waals surface area contributed by atoms with Crippen LogP contribution in [-0.4, -0.2) is 11.7 Å². The Balaban J connectivity index is 1.82. The standard InChI is InChI=1S/C19H33NO/c1-3-4-8-16(2)21-19(15-20)13-11-18(12-14-19)17-9-6-5-7-10-17/h16-18H,3-14H2,1-2H3/t16?,18-,19-. The summed E-state index contributed by atoms with van der Waals surface area (Å²) in [7, 11) is 0. The van der Waals surface area contributed by atoms with E-state index in [4.69, 9.17) is 4.74 Å². The highest BCUT2D eigenvalue weighted by Gasteiger charge is 2.39. The van der Waals surface area contributed by atoms with Crippen molar-refractivity contribution in [1.82, 2.24) is 0 Å². The number of rotatable bonds is 6. The molecule has 2 aliphatic rings. The Kier molecular flexibility index (Phi) is 6.55. The monoisotopic (exact) mass is 291 g/mol. The van der Waals surface area contributed by atoms with Crippen molar-refractivity contribution in [3.05, 3.63) is 0 Å². The molecule has 0 bridgehead atoms. The molecule has 0 saturated heterocycles. The summed E-state index contributed by atoms with van der Waals surface area (Å²) >= 11 is 0. The van der Waals surface area contributed by atoms with Crippen LogP contribution in [0.3, 0.4) is 0 Å². The van der Waals surface area contributed by atoms with E-state index in [1.807, 2.05) is 0 Å². The average Bonchev–Trinajstić information content (AvgIpc) is 2.54. The lowest BCUT2D eigenvalue weighted by molar-refractivity contribution is -0.0841. The van der Waals surface area contributed by atoms with Crippen LogP contribution in [-0.2, 0) is 4.74 Å². The molecule has 0 radical (unpaired) electrons. The van der Waals surface area contributed by atoms with Crippen LogP contribution in [0.1, 0.15) is 90.9 Å². The average molecular weight is 291 g/mol. The molecule has 2 nitrogen and oxygen atoms in total. The first-order valence-electron chi connectivity index (χ1n) is 9.28. The Labute approximate surface area is 131 Å². The smallest absolute Gasteiger partial charge is 0.154 e. The maximum absolute atomic E-state index is 9.64. The van der Waals surface area contributed by atoms with E-state index in [-0.39, 0.29) is 6.10 Å². The molecule has 2 fully saturated rings. The van der Waals surface area contributed by atoms with Crippen molar-refractivity contribution in [1.29, 1.82) is 5.26 Å². The van der Waals surface area contributed by atoms with E-state index in [2.05, 4.69) is 19.9 Å².